The van der Waals surface area contributed by atoms with Crippen LogP contribution in [0.1, 0.15) is 5.56 Å². The predicted octanol–water partition coefficient (Wildman–Crippen LogP) is 4.05. The second kappa shape index (κ2) is 10.7. The Morgan fingerprint density at radius 1 is 1.03 bits per heavy atom. The predicted molar refractivity (Wildman–Crippen MR) is 121 cm³/mol. The number of halogens is 3. The van der Waals surface area contributed by atoms with E-state index in [9.17, 15) is 4.79 Å². The molecule has 0 fully saturated rings. The maximum Gasteiger partial charge on any atom is 0.228 e. The number of alkyl halides is 3. The number of carbonyl (C=O) groups excluding carboxylic acids is 1. The number of amides is 1. The summed E-state index contributed by atoms with van der Waals surface area (Å²) in [5, 5.41) is 8.55. The van der Waals surface area contributed by atoms with Crippen molar-refractivity contribution in [2.24, 2.45) is 0 Å². The third kappa shape index (κ3) is 7.44. The van der Waals surface area contributed by atoms with E-state index in [2.05, 4.69) is 16.0 Å². The Balaban J connectivity index is 2.01. The highest BCUT2D eigenvalue weighted by Gasteiger charge is 2.34. The fourth-order valence-corrected chi connectivity index (χ4v) is 2.93. The highest BCUT2D eigenvalue weighted by atomic mass is 35.6. The number of para-hydroxylation sites is 2. The lowest BCUT2D eigenvalue weighted by Gasteiger charge is -2.28. The molecule has 1 amide bonds. The third-order valence-electron chi connectivity index (χ3n) is 3.79. The molecule has 2 aromatic carbocycles. The molecule has 1 atom stereocenters. The van der Waals surface area contributed by atoms with Crippen LogP contribution in [0.15, 0.2) is 48.5 Å². The van der Waals surface area contributed by atoms with Gasteiger partial charge in [0.05, 0.1) is 26.3 Å². The van der Waals surface area contributed by atoms with Crippen LogP contribution in [0.4, 0.5) is 5.69 Å². The zero-order valence-electron chi connectivity index (χ0n) is 15.7. The first-order chi connectivity index (χ1) is 13.7. The summed E-state index contributed by atoms with van der Waals surface area (Å²) < 4.78 is 8.51. The van der Waals surface area contributed by atoms with E-state index in [0.717, 1.165) is 5.56 Å². The summed E-state index contributed by atoms with van der Waals surface area (Å²) in [5.41, 5.74) is 1.40. The second-order valence-corrected chi connectivity index (χ2v) is 8.64. The Morgan fingerprint density at radius 2 is 1.69 bits per heavy atom. The molecule has 2 aromatic rings. The number of ether oxygens (including phenoxy) is 2. The van der Waals surface area contributed by atoms with Crippen LogP contribution in [0.25, 0.3) is 0 Å². The van der Waals surface area contributed by atoms with Gasteiger partial charge in [-0.1, -0.05) is 59.1 Å². The van der Waals surface area contributed by atoms with Crippen LogP contribution in [-0.2, 0) is 11.2 Å². The van der Waals surface area contributed by atoms with Gasteiger partial charge < -0.3 is 25.4 Å². The van der Waals surface area contributed by atoms with E-state index in [0.29, 0.717) is 17.2 Å². The van der Waals surface area contributed by atoms with Gasteiger partial charge in [0.2, 0.25) is 9.70 Å². The molecule has 0 radical (unpaired) electrons. The summed E-state index contributed by atoms with van der Waals surface area (Å²) in [6, 6.07) is 14.3. The number of anilines is 1. The minimum absolute atomic E-state index is 0.0929. The number of nitrogens with one attached hydrogen (secondary N) is 3. The van der Waals surface area contributed by atoms with Crippen LogP contribution >= 0.6 is 47.0 Å². The fraction of sp³-hybridized carbons (Fsp3) is 0.263. The summed E-state index contributed by atoms with van der Waals surface area (Å²) in [5.74, 6) is 0.937. The summed E-state index contributed by atoms with van der Waals surface area (Å²) in [6.45, 7) is 0. The number of hydrogen-bond acceptors (Lipinski definition) is 4. The summed E-state index contributed by atoms with van der Waals surface area (Å²) in [7, 11) is 3.11. The zero-order valence-corrected chi connectivity index (χ0v) is 18.8. The van der Waals surface area contributed by atoms with Crippen molar-refractivity contribution in [3.8, 4) is 11.5 Å². The maximum atomic E-state index is 12.4. The Kier molecular flexibility index (Phi) is 8.64. The van der Waals surface area contributed by atoms with Crippen molar-refractivity contribution in [1.82, 2.24) is 10.6 Å². The van der Waals surface area contributed by atoms with Gasteiger partial charge in [0.25, 0.3) is 0 Å². The molecule has 0 saturated heterocycles. The minimum atomic E-state index is -1.85. The first-order valence-corrected chi connectivity index (χ1v) is 9.96. The number of methoxy groups -OCH3 is 2. The van der Waals surface area contributed by atoms with Crippen molar-refractivity contribution in [3.63, 3.8) is 0 Å². The first kappa shape index (κ1) is 23.3. The molecule has 0 bridgehead atoms. The van der Waals surface area contributed by atoms with E-state index in [1.54, 1.807) is 50.6 Å². The van der Waals surface area contributed by atoms with Crippen molar-refractivity contribution >= 4 is 63.7 Å². The van der Waals surface area contributed by atoms with Crippen LogP contribution in [0.5, 0.6) is 11.5 Å². The molecule has 0 aliphatic carbocycles. The van der Waals surface area contributed by atoms with E-state index in [1.807, 2.05) is 12.1 Å². The lowest BCUT2D eigenvalue weighted by molar-refractivity contribution is -0.121. The molecule has 0 spiro atoms. The molecular weight excluding hydrogens is 457 g/mol. The highest BCUT2D eigenvalue weighted by molar-refractivity contribution is 7.80. The fourth-order valence-electron chi connectivity index (χ4n) is 2.38. The van der Waals surface area contributed by atoms with Gasteiger partial charge in [0.15, 0.2) is 5.11 Å². The van der Waals surface area contributed by atoms with Crippen molar-refractivity contribution < 1.29 is 14.3 Å². The Labute approximate surface area is 189 Å². The maximum absolute atomic E-state index is 12.4. The normalized spacial score (nSPS) is 11.9. The topological polar surface area (TPSA) is 71.6 Å². The van der Waals surface area contributed by atoms with E-state index in [-0.39, 0.29) is 17.4 Å². The monoisotopic (exact) mass is 475 g/mol. The second-order valence-electron chi connectivity index (χ2n) is 5.87. The number of carbonyl (C=O) groups is 1. The molecule has 0 aromatic heterocycles. The van der Waals surface area contributed by atoms with E-state index < -0.39 is 9.96 Å². The first-order valence-electron chi connectivity index (χ1n) is 8.42. The lowest BCUT2D eigenvalue weighted by Crippen LogP contribution is -2.56. The average Bonchev–Trinajstić information content (AvgIpc) is 2.67. The Hall–Kier alpha value is -1.93. The molecule has 0 heterocycles. The Bertz CT molecular complexity index is 845. The summed E-state index contributed by atoms with van der Waals surface area (Å²) in [6.07, 6.45) is -0.969. The number of rotatable bonds is 7. The SMILES string of the molecule is COc1ccc(CC(=O)NC(NC(=S)Nc2ccccc2OC)C(Cl)(Cl)Cl)cc1. The van der Waals surface area contributed by atoms with Gasteiger partial charge in [-0.25, -0.2) is 0 Å². The molecule has 10 heteroatoms. The summed E-state index contributed by atoms with van der Waals surface area (Å²) >= 11 is 23.3. The molecule has 6 nitrogen and oxygen atoms in total. The van der Waals surface area contributed by atoms with Gasteiger partial charge in [0.1, 0.15) is 17.7 Å². The van der Waals surface area contributed by atoms with Crippen LogP contribution < -0.4 is 25.4 Å². The molecular formula is C19H20Cl3N3O3S. The van der Waals surface area contributed by atoms with E-state index in [1.165, 1.54) is 0 Å². The zero-order chi connectivity index (χ0) is 21.4. The van der Waals surface area contributed by atoms with Gasteiger partial charge in [-0.2, -0.15) is 0 Å². The van der Waals surface area contributed by atoms with Crippen molar-refractivity contribution in [1.29, 1.82) is 0 Å². The smallest absolute Gasteiger partial charge is 0.228 e. The standard InChI is InChI=1S/C19H20Cl3N3O3S/c1-27-13-9-7-12(8-10-13)11-16(26)24-17(19(20,21)22)25-18(29)23-14-5-3-4-6-15(14)28-2/h3-10,17H,11H2,1-2H3,(H,24,26)(H2,23,25,29). The molecule has 3 N–H and O–H groups in total. The summed E-state index contributed by atoms with van der Waals surface area (Å²) in [4.78, 5) is 12.4. The van der Waals surface area contributed by atoms with Crippen molar-refractivity contribution in [2.45, 2.75) is 16.4 Å². The molecule has 0 saturated carbocycles. The average molecular weight is 477 g/mol. The minimum Gasteiger partial charge on any atom is -0.497 e. The molecule has 156 valence electrons. The van der Waals surface area contributed by atoms with E-state index >= 15 is 0 Å². The van der Waals surface area contributed by atoms with Gasteiger partial charge in [-0.15, -0.1) is 0 Å². The number of hydrogen-bond donors (Lipinski definition) is 3. The van der Waals surface area contributed by atoms with Crippen molar-refractivity contribution in [3.05, 3.63) is 54.1 Å². The van der Waals surface area contributed by atoms with Crippen LogP contribution in [0.3, 0.4) is 0 Å². The molecule has 0 aliphatic rings. The molecule has 29 heavy (non-hydrogen) atoms. The molecule has 1 unspecified atom stereocenters. The molecule has 0 aliphatic heterocycles. The number of thiocarbonyl (C=S) groups is 1. The largest absolute Gasteiger partial charge is 0.497 e. The molecule has 2 rings (SSSR count). The highest BCUT2D eigenvalue weighted by Crippen LogP contribution is 2.29. The van der Waals surface area contributed by atoms with Crippen molar-refractivity contribution in [2.75, 3.05) is 19.5 Å². The van der Waals surface area contributed by atoms with E-state index in [4.69, 9.17) is 56.5 Å². The quantitative estimate of drug-likeness (QED) is 0.318. The van der Waals surface area contributed by atoms with Gasteiger partial charge in [0, 0.05) is 0 Å². The van der Waals surface area contributed by atoms with Gasteiger partial charge in [-0.05, 0) is 42.0 Å². The van der Waals surface area contributed by atoms with Gasteiger partial charge in [-0.3, -0.25) is 4.79 Å². The van der Waals surface area contributed by atoms with Crippen LogP contribution in [0, 0.1) is 0 Å². The lowest BCUT2D eigenvalue weighted by atomic mass is 10.1. The van der Waals surface area contributed by atoms with Gasteiger partial charge >= 0.3 is 0 Å². The number of benzene rings is 2. The third-order valence-corrected chi connectivity index (χ3v) is 4.66. The van der Waals surface area contributed by atoms with Crippen LogP contribution in [0.2, 0.25) is 0 Å². The van der Waals surface area contributed by atoms with Crippen LogP contribution in [-0.4, -0.2) is 35.2 Å². The Morgan fingerprint density at radius 3 is 2.28 bits per heavy atom.